The second-order valence-corrected chi connectivity index (χ2v) is 7.75. The number of aliphatic imine (C=N–C) groups is 1. The molecule has 3 rings (SSSR count). The van der Waals surface area contributed by atoms with E-state index in [2.05, 4.69) is 20.5 Å². The van der Waals surface area contributed by atoms with Crippen LogP contribution < -0.4 is 10.6 Å². The predicted molar refractivity (Wildman–Crippen MR) is 93.4 cm³/mol. The van der Waals surface area contributed by atoms with E-state index in [1.165, 1.54) is 38.5 Å². The van der Waals surface area contributed by atoms with Crippen LogP contribution in [0, 0.1) is 11.3 Å². The van der Waals surface area contributed by atoms with Gasteiger partial charge in [0.05, 0.1) is 0 Å². The van der Waals surface area contributed by atoms with Crippen LogP contribution in [0.15, 0.2) is 4.99 Å². The number of rotatable bonds is 3. The Kier molecular flexibility index (Phi) is 5.44. The summed E-state index contributed by atoms with van der Waals surface area (Å²) in [6.07, 6.45) is 11.3. The molecule has 2 saturated heterocycles. The van der Waals surface area contributed by atoms with Gasteiger partial charge in [0.25, 0.3) is 0 Å². The van der Waals surface area contributed by atoms with Crippen molar-refractivity contribution in [3.05, 3.63) is 0 Å². The maximum Gasteiger partial charge on any atom is 0.220 e. The van der Waals surface area contributed by atoms with Crippen LogP contribution in [0.1, 0.15) is 57.8 Å². The highest BCUT2D eigenvalue weighted by molar-refractivity contribution is 5.81. The fourth-order valence-electron chi connectivity index (χ4n) is 4.63. The molecule has 0 aromatic rings. The van der Waals surface area contributed by atoms with E-state index in [0.717, 1.165) is 50.9 Å². The van der Waals surface area contributed by atoms with Crippen molar-refractivity contribution in [2.24, 2.45) is 16.3 Å². The molecule has 2 heterocycles. The first-order valence-corrected chi connectivity index (χ1v) is 9.43. The van der Waals surface area contributed by atoms with Gasteiger partial charge in [-0.1, -0.05) is 32.1 Å². The van der Waals surface area contributed by atoms with Gasteiger partial charge in [-0.3, -0.25) is 9.79 Å². The number of amides is 1. The Morgan fingerprint density at radius 1 is 1.35 bits per heavy atom. The highest BCUT2D eigenvalue weighted by Crippen LogP contribution is 2.36. The summed E-state index contributed by atoms with van der Waals surface area (Å²) in [5, 5.41) is 6.59. The molecule has 130 valence electrons. The summed E-state index contributed by atoms with van der Waals surface area (Å²) in [5.74, 6) is 2.14. The van der Waals surface area contributed by atoms with E-state index < -0.39 is 0 Å². The highest BCUT2D eigenvalue weighted by atomic mass is 16.1. The second kappa shape index (κ2) is 7.54. The van der Waals surface area contributed by atoms with Gasteiger partial charge in [0.1, 0.15) is 0 Å². The molecule has 2 aliphatic heterocycles. The molecule has 3 fully saturated rings. The zero-order chi connectivity index (χ0) is 16.1. The summed E-state index contributed by atoms with van der Waals surface area (Å²) in [6, 6.07) is 0. The lowest BCUT2D eigenvalue weighted by molar-refractivity contribution is -0.119. The van der Waals surface area contributed by atoms with E-state index in [1.807, 2.05) is 7.05 Å². The molecule has 3 aliphatic rings. The van der Waals surface area contributed by atoms with E-state index in [1.54, 1.807) is 0 Å². The van der Waals surface area contributed by atoms with Crippen molar-refractivity contribution in [2.75, 3.05) is 33.2 Å². The molecule has 0 aromatic heterocycles. The zero-order valence-corrected chi connectivity index (χ0v) is 14.6. The summed E-state index contributed by atoms with van der Waals surface area (Å²) in [4.78, 5) is 18.5. The summed E-state index contributed by atoms with van der Waals surface area (Å²) in [5.41, 5.74) is 0.135. The van der Waals surface area contributed by atoms with E-state index in [-0.39, 0.29) is 11.3 Å². The molecule has 5 heteroatoms. The molecule has 0 bridgehead atoms. The molecule has 1 unspecified atom stereocenters. The Hall–Kier alpha value is -1.26. The van der Waals surface area contributed by atoms with Crippen molar-refractivity contribution in [2.45, 2.75) is 57.8 Å². The fourth-order valence-corrected chi connectivity index (χ4v) is 4.63. The average molecular weight is 320 g/mol. The molecule has 1 spiro atoms. The van der Waals surface area contributed by atoms with Crippen LogP contribution >= 0.6 is 0 Å². The Bertz CT molecular complexity index is 444. The number of nitrogens with zero attached hydrogens (tertiary/aromatic N) is 2. The van der Waals surface area contributed by atoms with Gasteiger partial charge in [-0.2, -0.15) is 0 Å². The third-order valence-corrected chi connectivity index (χ3v) is 5.93. The molecule has 0 aromatic carbocycles. The Morgan fingerprint density at radius 2 is 2.17 bits per heavy atom. The number of carbonyl (C=O) groups is 1. The molecular formula is C18H32N4O. The molecule has 1 saturated carbocycles. The maximum absolute atomic E-state index is 11.6. The molecule has 23 heavy (non-hydrogen) atoms. The van der Waals surface area contributed by atoms with E-state index >= 15 is 0 Å². The first-order chi connectivity index (χ1) is 11.2. The smallest absolute Gasteiger partial charge is 0.220 e. The fraction of sp³-hybridized carbons (Fsp3) is 0.889. The largest absolute Gasteiger partial charge is 0.356 e. The Morgan fingerprint density at radius 3 is 2.87 bits per heavy atom. The van der Waals surface area contributed by atoms with Crippen LogP contribution in [0.5, 0.6) is 0 Å². The zero-order valence-electron chi connectivity index (χ0n) is 14.6. The van der Waals surface area contributed by atoms with Crippen molar-refractivity contribution >= 4 is 11.9 Å². The SMILES string of the molecule is CN=C(NCCC1CCCCC1)N1CCCC2(CNC(=O)C2)C1. The molecular weight excluding hydrogens is 288 g/mol. The minimum atomic E-state index is 0.135. The van der Waals surface area contributed by atoms with Crippen molar-refractivity contribution in [1.82, 2.24) is 15.5 Å². The van der Waals surface area contributed by atoms with E-state index in [9.17, 15) is 4.79 Å². The van der Waals surface area contributed by atoms with Gasteiger partial charge < -0.3 is 15.5 Å². The van der Waals surface area contributed by atoms with Crippen LogP contribution in [0.25, 0.3) is 0 Å². The highest BCUT2D eigenvalue weighted by Gasteiger charge is 2.42. The van der Waals surface area contributed by atoms with Crippen LogP contribution in [0.3, 0.4) is 0 Å². The molecule has 1 atom stereocenters. The lowest BCUT2D eigenvalue weighted by Crippen LogP contribution is -2.51. The molecule has 1 amide bonds. The number of hydrogen-bond donors (Lipinski definition) is 2. The number of piperidine rings is 1. The number of nitrogens with one attached hydrogen (secondary N) is 2. The van der Waals surface area contributed by atoms with Gasteiger partial charge in [-0.25, -0.2) is 0 Å². The first kappa shape index (κ1) is 16.6. The maximum atomic E-state index is 11.6. The van der Waals surface area contributed by atoms with Gasteiger partial charge in [0, 0.05) is 45.1 Å². The quantitative estimate of drug-likeness (QED) is 0.619. The van der Waals surface area contributed by atoms with Crippen molar-refractivity contribution in [3.63, 3.8) is 0 Å². The predicted octanol–water partition coefficient (Wildman–Crippen LogP) is 2.13. The number of carbonyl (C=O) groups excluding carboxylic acids is 1. The van der Waals surface area contributed by atoms with Crippen LogP contribution in [0.2, 0.25) is 0 Å². The van der Waals surface area contributed by atoms with E-state index in [0.29, 0.717) is 6.42 Å². The lowest BCUT2D eigenvalue weighted by atomic mass is 9.79. The van der Waals surface area contributed by atoms with Gasteiger partial charge in [-0.05, 0) is 25.2 Å². The van der Waals surface area contributed by atoms with Crippen LogP contribution in [-0.4, -0.2) is 50.0 Å². The molecule has 2 N–H and O–H groups in total. The second-order valence-electron chi connectivity index (χ2n) is 7.75. The topological polar surface area (TPSA) is 56.7 Å². The molecule has 1 aliphatic carbocycles. The van der Waals surface area contributed by atoms with Crippen molar-refractivity contribution in [1.29, 1.82) is 0 Å². The third kappa shape index (κ3) is 4.18. The summed E-state index contributed by atoms with van der Waals surface area (Å²) < 4.78 is 0. The molecule has 0 radical (unpaired) electrons. The van der Waals surface area contributed by atoms with Crippen molar-refractivity contribution < 1.29 is 4.79 Å². The first-order valence-electron chi connectivity index (χ1n) is 9.43. The van der Waals surface area contributed by atoms with Crippen LogP contribution in [0.4, 0.5) is 0 Å². The minimum Gasteiger partial charge on any atom is -0.356 e. The summed E-state index contributed by atoms with van der Waals surface area (Å²) >= 11 is 0. The average Bonchev–Trinajstić information content (AvgIpc) is 2.92. The number of likely N-dealkylation sites (tertiary alicyclic amines) is 1. The lowest BCUT2D eigenvalue weighted by Gasteiger charge is -2.40. The monoisotopic (exact) mass is 320 g/mol. The Balaban J connectivity index is 1.48. The van der Waals surface area contributed by atoms with Crippen LogP contribution in [-0.2, 0) is 4.79 Å². The standard InChI is InChI=1S/C18H32N4O/c1-19-17(20-10-8-15-6-3-2-4-7-15)22-11-5-9-18(14-22)12-16(23)21-13-18/h15H,2-14H2,1H3,(H,19,20)(H,21,23). The minimum absolute atomic E-state index is 0.135. The van der Waals surface area contributed by atoms with Gasteiger partial charge in [0.15, 0.2) is 5.96 Å². The summed E-state index contributed by atoms with van der Waals surface area (Å²) in [6.45, 7) is 3.87. The van der Waals surface area contributed by atoms with E-state index in [4.69, 9.17) is 0 Å². The summed E-state index contributed by atoms with van der Waals surface area (Å²) in [7, 11) is 1.88. The normalized spacial score (nSPS) is 29.9. The Labute approximate surface area is 140 Å². The van der Waals surface area contributed by atoms with Gasteiger partial charge in [-0.15, -0.1) is 0 Å². The van der Waals surface area contributed by atoms with Gasteiger partial charge >= 0.3 is 0 Å². The third-order valence-electron chi connectivity index (χ3n) is 5.93. The molecule has 5 nitrogen and oxygen atoms in total. The number of hydrogen-bond acceptors (Lipinski definition) is 2. The van der Waals surface area contributed by atoms with Crippen molar-refractivity contribution in [3.8, 4) is 0 Å². The number of guanidine groups is 1. The van der Waals surface area contributed by atoms with Gasteiger partial charge in [0.2, 0.25) is 5.91 Å².